The number of aromatic nitrogens is 3. The smallest absolute Gasteiger partial charge is 0.265 e. The Morgan fingerprint density at radius 3 is 2.43 bits per heavy atom. The Morgan fingerprint density at radius 2 is 1.82 bits per heavy atom. The molecule has 0 fully saturated rings. The molecular formula is C17H15FN6O3S. The van der Waals surface area contributed by atoms with Crippen LogP contribution in [0, 0.1) is 12.7 Å². The lowest BCUT2D eigenvalue weighted by atomic mass is 10.2. The molecule has 28 heavy (non-hydrogen) atoms. The number of benzene rings is 2. The molecule has 3 N–H and O–H groups in total. The number of hydrazone groups is 1. The van der Waals surface area contributed by atoms with Crippen LogP contribution in [0.2, 0.25) is 0 Å². The third-order valence-corrected chi connectivity index (χ3v) is 4.70. The average molecular weight is 402 g/mol. The van der Waals surface area contributed by atoms with Crippen LogP contribution >= 0.6 is 0 Å². The molecule has 0 saturated carbocycles. The Kier molecular flexibility index (Phi) is 5.29. The number of nitrogens with two attached hydrogens (primary N) is 1. The highest BCUT2D eigenvalue weighted by molar-refractivity contribution is 7.89. The molecule has 0 bridgehead atoms. The number of nitrogens with one attached hydrogen (secondary N) is 1. The maximum atomic E-state index is 12.9. The van der Waals surface area contributed by atoms with Crippen molar-refractivity contribution in [3.63, 3.8) is 0 Å². The summed E-state index contributed by atoms with van der Waals surface area (Å²) < 4.78 is 36.9. The number of nitrogens with zero attached hydrogens (tertiary/aromatic N) is 4. The van der Waals surface area contributed by atoms with Gasteiger partial charge < -0.3 is 0 Å². The Morgan fingerprint density at radius 1 is 1.18 bits per heavy atom. The maximum Gasteiger partial charge on any atom is 0.293 e. The lowest BCUT2D eigenvalue weighted by Gasteiger charge is -2.04. The second kappa shape index (κ2) is 7.66. The quantitative estimate of drug-likeness (QED) is 0.488. The summed E-state index contributed by atoms with van der Waals surface area (Å²) >= 11 is 0. The number of carbonyl (C=O) groups is 1. The van der Waals surface area contributed by atoms with Gasteiger partial charge in [0, 0.05) is 0 Å². The van der Waals surface area contributed by atoms with Crippen LogP contribution in [0.4, 0.5) is 4.39 Å². The van der Waals surface area contributed by atoms with Crippen LogP contribution < -0.4 is 10.6 Å². The highest BCUT2D eigenvalue weighted by Crippen LogP contribution is 2.15. The van der Waals surface area contributed by atoms with E-state index in [2.05, 4.69) is 20.8 Å². The Hall–Kier alpha value is -3.44. The molecule has 1 aromatic heterocycles. The highest BCUT2D eigenvalue weighted by Gasteiger charge is 2.17. The van der Waals surface area contributed by atoms with Gasteiger partial charge in [0.15, 0.2) is 5.69 Å². The molecule has 9 nitrogen and oxygen atoms in total. The summed E-state index contributed by atoms with van der Waals surface area (Å²) in [6, 6.07) is 11.2. The van der Waals surface area contributed by atoms with Crippen LogP contribution in [0.15, 0.2) is 58.5 Å². The van der Waals surface area contributed by atoms with E-state index in [4.69, 9.17) is 5.14 Å². The standard InChI is InChI=1S/C17H15FN6O3S/c1-11-16(17(25)22-20-10-12-2-4-13(18)5-3-12)21-23-24(11)14-6-8-15(9-7-14)28(19,26)27/h2-10H,1H3,(H,22,25)(H2,19,26,27). The van der Waals surface area contributed by atoms with E-state index in [0.717, 1.165) is 0 Å². The van der Waals surface area contributed by atoms with Crippen molar-refractivity contribution in [2.45, 2.75) is 11.8 Å². The van der Waals surface area contributed by atoms with Gasteiger partial charge in [-0.2, -0.15) is 5.10 Å². The molecule has 0 saturated heterocycles. The molecule has 0 spiro atoms. The topological polar surface area (TPSA) is 132 Å². The zero-order valence-corrected chi connectivity index (χ0v) is 15.4. The minimum atomic E-state index is -3.80. The zero-order chi connectivity index (χ0) is 20.3. The number of amides is 1. The van der Waals surface area contributed by atoms with E-state index in [1.165, 1.54) is 59.4 Å². The van der Waals surface area contributed by atoms with Crippen molar-refractivity contribution < 1.29 is 17.6 Å². The van der Waals surface area contributed by atoms with Gasteiger partial charge in [0.1, 0.15) is 5.82 Å². The third kappa shape index (κ3) is 4.27. The SMILES string of the molecule is Cc1c(C(=O)NN=Cc2ccc(F)cc2)nnn1-c1ccc(S(N)(=O)=O)cc1. The first-order valence-electron chi connectivity index (χ1n) is 7.90. The maximum absolute atomic E-state index is 12.9. The van der Waals surface area contributed by atoms with E-state index >= 15 is 0 Å². The van der Waals surface area contributed by atoms with E-state index in [-0.39, 0.29) is 16.4 Å². The summed E-state index contributed by atoms with van der Waals surface area (Å²) in [5, 5.41) is 16.6. The molecular weight excluding hydrogens is 387 g/mol. The lowest BCUT2D eigenvalue weighted by Crippen LogP contribution is -2.19. The molecule has 1 amide bonds. The monoisotopic (exact) mass is 402 g/mol. The molecule has 11 heteroatoms. The molecule has 0 aliphatic rings. The summed E-state index contributed by atoms with van der Waals surface area (Å²) in [4.78, 5) is 12.2. The molecule has 3 aromatic rings. The van der Waals surface area contributed by atoms with Gasteiger partial charge in [-0.1, -0.05) is 17.3 Å². The van der Waals surface area contributed by atoms with Gasteiger partial charge >= 0.3 is 0 Å². The van der Waals surface area contributed by atoms with Crippen molar-refractivity contribution in [2.75, 3.05) is 0 Å². The average Bonchev–Trinajstić information content (AvgIpc) is 3.04. The highest BCUT2D eigenvalue weighted by atomic mass is 32.2. The fourth-order valence-corrected chi connectivity index (χ4v) is 2.84. The second-order valence-electron chi connectivity index (χ2n) is 5.72. The summed E-state index contributed by atoms with van der Waals surface area (Å²) in [6.45, 7) is 1.63. The van der Waals surface area contributed by atoms with Crippen LogP contribution in [0.25, 0.3) is 5.69 Å². The lowest BCUT2D eigenvalue weighted by molar-refractivity contribution is 0.0949. The van der Waals surface area contributed by atoms with Crippen molar-refractivity contribution in [3.05, 3.63) is 71.3 Å². The normalized spacial score (nSPS) is 11.7. The predicted octanol–water partition coefficient (Wildman–Crippen LogP) is 1.13. The largest absolute Gasteiger partial charge is 0.293 e. The summed E-state index contributed by atoms with van der Waals surface area (Å²) in [6.07, 6.45) is 1.36. The van der Waals surface area contributed by atoms with Crippen LogP contribution in [0.5, 0.6) is 0 Å². The van der Waals surface area contributed by atoms with E-state index < -0.39 is 15.9 Å². The van der Waals surface area contributed by atoms with E-state index in [9.17, 15) is 17.6 Å². The van der Waals surface area contributed by atoms with Gasteiger partial charge in [-0.15, -0.1) is 5.10 Å². The van der Waals surface area contributed by atoms with E-state index in [1.54, 1.807) is 6.92 Å². The third-order valence-electron chi connectivity index (χ3n) is 3.77. The molecule has 0 atom stereocenters. The number of sulfonamides is 1. The zero-order valence-electron chi connectivity index (χ0n) is 14.6. The van der Waals surface area contributed by atoms with Crippen molar-refractivity contribution >= 4 is 22.1 Å². The molecule has 1 heterocycles. The van der Waals surface area contributed by atoms with Crippen LogP contribution in [-0.2, 0) is 10.0 Å². The van der Waals surface area contributed by atoms with Gasteiger partial charge in [0.2, 0.25) is 10.0 Å². The first kappa shape index (κ1) is 19.3. The first-order chi connectivity index (χ1) is 13.3. The Labute approximate surface area is 159 Å². The summed E-state index contributed by atoms with van der Waals surface area (Å²) in [5.74, 6) is -0.950. The number of rotatable bonds is 5. The van der Waals surface area contributed by atoms with Gasteiger partial charge in [0.25, 0.3) is 5.91 Å². The number of hydrogen-bond acceptors (Lipinski definition) is 6. The molecule has 3 rings (SSSR count). The molecule has 0 unspecified atom stereocenters. The van der Waals surface area contributed by atoms with Crippen molar-refractivity contribution in [1.82, 2.24) is 20.4 Å². The summed E-state index contributed by atoms with van der Waals surface area (Å²) in [7, 11) is -3.80. The van der Waals surface area contributed by atoms with Crippen LogP contribution in [0.3, 0.4) is 0 Å². The minimum Gasteiger partial charge on any atom is -0.265 e. The van der Waals surface area contributed by atoms with Gasteiger partial charge in [-0.25, -0.2) is 28.1 Å². The first-order valence-corrected chi connectivity index (χ1v) is 9.45. The van der Waals surface area contributed by atoms with Crippen LogP contribution in [0.1, 0.15) is 21.7 Å². The van der Waals surface area contributed by atoms with E-state index in [0.29, 0.717) is 16.9 Å². The number of hydrogen-bond donors (Lipinski definition) is 2. The minimum absolute atomic E-state index is 0.0397. The van der Waals surface area contributed by atoms with Gasteiger partial charge in [0.05, 0.1) is 22.5 Å². The molecule has 2 aromatic carbocycles. The Balaban J connectivity index is 1.75. The van der Waals surface area contributed by atoms with E-state index in [1.807, 2.05) is 0 Å². The van der Waals surface area contributed by atoms with Crippen molar-refractivity contribution in [2.24, 2.45) is 10.2 Å². The predicted molar refractivity (Wildman–Crippen MR) is 98.9 cm³/mol. The van der Waals surface area contributed by atoms with Crippen molar-refractivity contribution in [1.29, 1.82) is 0 Å². The van der Waals surface area contributed by atoms with Gasteiger partial charge in [-0.05, 0) is 48.9 Å². The second-order valence-corrected chi connectivity index (χ2v) is 7.29. The number of halogens is 1. The van der Waals surface area contributed by atoms with Crippen LogP contribution in [-0.4, -0.2) is 35.5 Å². The fourth-order valence-electron chi connectivity index (χ4n) is 2.33. The Bertz CT molecular complexity index is 1140. The van der Waals surface area contributed by atoms with Crippen molar-refractivity contribution in [3.8, 4) is 5.69 Å². The number of primary sulfonamides is 1. The van der Waals surface area contributed by atoms with Gasteiger partial charge in [-0.3, -0.25) is 4.79 Å². The summed E-state index contributed by atoms with van der Waals surface area (Å²) in [5.41, 5.74) is 3.91. The number of carbonyl (C=O) groups excluding carboxylic acids is 1. The molecule has 144 valence electrons. The molecule has 0 radical (unpaired) electrons. The molecule has 0 aliphatic carbocycles. The fraction of sp³-hybridized carbons (Fsp3) is 0.0588. The molecule has 0 aliphatic heterocycles.